The van der Waals surface area contributed by atoms with Crippen molar-refractivity contribution < 1.29 is 19.0 Å². The number of nitrogens with zero attached hydrogens (tertiary/aromatic N) is 1. The first kappa shape index (κ1) is 25.3. The summed E-state index contributed by atoms with van der Waals surface area (Å²) in [4.78, 5) is 12.8. The highest BCUT2D eigenvalue weighted by Gasteiger charge is 2.12. The van der Waals surface area contributed by atoms with Gasteiger partial charge in [-0.3, -0.25) is 4.79 Å². The molecule has 6 nitrogen and oxygen atoms in total. The molecule has 3 aromatic rings. The van der Waals surface area contributed by atoms with Gasteiger partial charge in [-0.25, -0.2) is 5.43 Å². The van der Waals surface area contributed by atoms with E-state index in [0.717, 1.165) is 34.2 Å². The van der Waals surface area contributed by atoms with Crippen LogP contribution in [0, 0.1) is 0 Å². The monoisotopic (exact) mass is 524 g/mol. The molecule has 0 aromatic heterocycles. The maximum absolute atomic E-state index is 12.8. The summed E-state index contributed by atoms with van der Waals surface area (Å²) in [5.74, 6) is 1.52. The highest BCUT2D eigenvalue weighted by Crippen LogP contribution is 2.25. The van der Waals surface area contributed by atoms with Crippen molar-refractivity contribution in [1.82, 2.24) is 5.43 Å². The number of para-hydroxylation sites is 1. The van der Waals surface area contributed by atoms with Crippen molar-refractivity contribution >= 4 is 28.1 Å². The summed E-state index contributed by atoms with van der Waals surface area (Å²) < 4.78 is 18.4. The molecule has 0 radical (unpaired) electrons. The van der Waals surface area contributed by atoms with Crippen molar-refractivity contribution in [2.75, 3.05) is 13.2 Å². The molecule has 0 aliphatic carbocycles. The molecule has 0 saturated heterocycles. The Morgan fingerprint density at radius 3 is 2.50 bits per heavy atom. The van der Waals surface area contributed by atoms with Gasteiger partial charge in [0.05, 0.1) is 25.0 Å². The zero-order valence-electron chi connectivity index (χ0n) is 19.4. The second-order valence-electron chi connectivity index (χ2n) is 7.51. The van der Waals surface area contributed by atoms with Gasteiger partial charge in [0.15, 0.2) is 0 Å². The van der Waals surface area contributed by atoms with Gasteiger partial charge in [0.25, 0.3) is 5.91 Å². The molecule has 0 fully saturated rings. The summed E-state index contributed by atoms with van der Waals surface area (Å²) in [5.41, 5.74) is 4.73. The predicted molar refractivity (Wildman–Crippen MR) is 138 cm³/mol. The normalized spacial score (nSPS) is 10.8. The van der Waals surface area contributed by atoms with Crippen LogP contribution in [0.3, 0.4) is 0 Å². The molecular formula is C27H29BrN2O4. The fourth-order valence-electron chi connectivity index (χ4n) is 3.06. The Morgan fingerprint density at radius 1 is 0.912 bits per heavy atom. The summed E-state index contributed by atoms with van der Waals surface area (Å²) in [6.07, 6.45) is 3.37. The summed E-state index contributed by atoms with van der Waals surface area (Å²) in [6, 6.07) is 20.5. The number of benzene rings is 3. The quantitative estimate of drug-likeness (QED) is 0.220. The molecule has 0 spiro atoms. The minimum absolute atomic E-state index is 0.345. The van der Waals surface area contributed by atoms with E-state index >= 15 is 0 Å². The largest absolute Gasteiger partial charge is 0.493 e. The lowest BCUT2D eigenvalue weighted by atomic mass is 10.2. The first-order valence-electron chi connectivity index (χ1n) is 11.3. The van der Waals surface area contributed by atoms with E-state index < -0.39 is 0 Å². The zero-order valence-corrected chi connectivity index (χ0v) is 21.0. The van der Waals surface area contributed by atoms with Crippen LogP contribution in [0.25, 0.3) is 0 Å². The molecule has 3 aromatic carbocycles. The van der Waals surface area contributed by atoms with Gasteiger partial charge in [-0.05, 0) is 54.8 Å². The summed E-state index contributed by atoms with van der Waals surface area (Å²) in [6.45, 7) is 5.66. The Kier molecular flexibility index (Phi) is 9.98. The third kappa shape index (κ3) is 7.63. The number of hydrogen-bond donors (Lipinski definition) is 1. The van der Waals surface area contributed by atoms with E-state index in [2.05, 4.69) is 33.4 Å². The van der Waals surface area contributed by atoms with E-state index in [1.807, 2.05) is 55.5 Å². The van der Waals surface area contributed by atoms with Gasteiger partial charge in [-0.15, -0.1) is 0 Å². The molecule has 1 N–H and O–H groups in total. The maximum Gasteiger partial charge on any atom is 0.275 e. The van der Waals surface area contributed by atoms with Crippen LogP contribution < -0.4 is 19.6 Å². The number of nitrogens with one attached hydrogen (secondary N) is 1. The SMILES string of the molecule is CCCOc1ccc(C=NNC(=O)c2ccccc2OCc2cccc(Br)c2)c(OCCC)c1. The highest BCUT2D eigenvalue weighted by molar-refractivity contribution is 9.10. The molecule has 0 atom stereocenters. The van der Waals surface area contributed by atoms with E-state index in [4.69, 9.17) is 14.2 Å². The third-order valence-corrected chi connectivity index (χ3v) is 5.20. The van der Waals surface area contributed by atoms with Gasteiger partial charge >= 0.3 is 0 Å². The van der Waals surface area contributed by atoms with Crippen LogP contribution in [0.1, 0.15) is 48.2 Å². The minimum Gasteiger partial charge on any atom is -0.493 e. The molecule has 0 heterocycles. The van der Waals surface area contributed by atoms with Crippen LogP contribution in [0.15, 0.2) is 76.3 Å². The molecule has 0 saturated carbocycles. The molecule has 178 valence electrons. The standard InChI is InChI=1S/C27H29BrN2O4/c1-3-14-32-23-13-12-21(26(17-23)33-15-4-2)18-29-30-27(31)24-10-5-6-11-25(24)34-19-20-8-7-9-22(28)16-20/h5-13,16-18H,3-4,14-15,19H2,1-2H3,(H,30,31). The number of carbonyl (C=O) groups excluding carboxylic acids is 1. The topological polar surface area (TPSA) is 69.2 Å². The van der Waals surface area contributed by atoms with E-state index in [9.17, 15) is 4.79 Å². The molecule has 3 rings (SSSR count). The average molecular weight is 525 g/mol. The van der Waals surface area contributed by atoms with Gasteiger partial charge in [-0.2, -0.15) is 5.10 Å². The maximum atomic E-state index is 12.8. The molecule has 0 bridgehead atoms. The van der Waals surface area contributed by atoms with Crippen LogP contribution in [0.5, 0.6) is 17.2 Å². The van der Waals surface area contributed by atoms with Crippen molar-refractivity contribution in [3.8, 4) is 17.2 Å². The number of hydrazone groups is 1. The van der Waals surface area contributed by atoms with Crippen molar-refractivity contribution in [1.29, 1.82) is 0 Å². The van der Waals surface area contributed by atoms with Gasteiger partial charge in [0.1, 0.15) is 23.9 Å². The molecule has 1 amide bonds. The minimum atomic E-state index is -0.361. The Morgan fingerprint density at radius 2 is 1.71 bits per heavy atom. The number of carbonyl (C=O) groups is 1. The highest BCUT2D eigenvalue weighted by atomic mass is 79.9. The van der Waals surface area contributed by atoms with Gasteiger partial charge in [-0.1, -0.05) is 54.0 Å². The van der Waals surface area contributed by atoms with Gasteiger partial charge in [0.2, 0.25) is 0 Å². The van der Waals surface area contributed by atoms with Crippen LogP contribution in [0.2, 0.25) is 0 Å². The first-order chi connectivity index (χ1) is 16.6. The van der Waals surface area contributed by atoms with Crippen molar-refractivity contribution in [2.45, 2.75) is 33.3 Å². The Labute approximate surface area is 209 Å². The molecular weight excluding hydrogens is 496 g/mol. The molecule has 0 aliphatic rings. The number of rotatable bonds is 12. The second kappa shape index (κ2) is 13.4. The smallest absolute Gasteiger partial charge is 0.275 e. The third-order valence-electron chi connectivity index (χ3n) is 4.70. The number of ether oxygens (including phenoxy) is 3. The Balaban J connectivity index is 1.67. The Hall–Kier alpha value is -3.32. The van der Waals surface area contributed by atoms with Crippen LogP contribution >= 0.6 is 15.9 Å². The molecule has 34 heavy (non-hydrogen) atoms. The predicted octanol–water partition coefficient (Wildman–Crippen LogP) is 6.37. The van der Waals surface area contributed by atoms with Crippen molar-refractivity contribution in [2.24, 2.45) is 5.10 Å². The summed E-state index contributed by atoms with van der Waals surface area (Å²) in [5, 5.41) is 4.14. The average Bonchev–Trinajstić information content (AvgIpc) is 2.86. The van der Waals surface area contributed by atoms with Gasteiger partial charge in [0, 0.05) is 16.1 Å². The summed E-state index contributed by atoms with van der Waals surface area (Å²) in [7, 11) is 0. The number of amides is 1. The van der Waals surface area contributed by atoms with Crippen LogP contribution in [0.4, 0.5) is 0 Å². The van der Waals surface area contributed by atoms with Crippen molar-refractivity contribution in [3.05, 3.63) is 87.9 Å². The van der Waals surface area contributed by atoms with E-state index in [1.165, 1.54) is 0 Å². The lowest BCUT2D eigenvalue weighted by Crippen LogP contribution is -2.18. The molecule has 7 heteroatoms. The lowest BCUT2D eigenvalue weighted by molar-refractivity contribution is 0.0950. The fraction of sp³-hybridized carbons (Fsp3) is 0.259. The fourth-order valence-corrected chi connectivity index (χ4v) is 3.50. The molecule has 0 aliphatic heterocycles. The molecule has 0 unspecified atom stereocenters. The van der Waals surface area contributed by atoms with E-state index in [-0.39, 0.29) is 5.91 Å². The lowest BCUT2D eigenvalue weighted by Gasteiger charge is -2.12. The van der Waals surface area contributed by atoms with E-state index in [0.29, 0.717) is 36.9 Å². The van der Waals surface area contributed by atoms with Crippen LogP contribution in [-0.4, -0.2) is 25.3 Å². The number of hydrogen-bond acceptors (Lipinski definition) is 5. The second-order valence-corrected chi connectivity index (χ2v) is 8.43. The van der Waals surface area contributed by atoms with Crippen LogP contribution in [-0.2, 0) is 6.61 Å². The summed E-state index contributed by atoms with van der Waals surface area (Å²) >= 11 is 3.46. The zero-order chi connectivity index (χ0) is 24.2. The van der Waals surface area contributed by atoms with Crippen molar-refractivity contribution in [3.63, 3.8) is 0 Å². The number of halogens is 1. The van der Waals surface area contributed by atoms with Gasteiger partial charge < -0.3 is 14.2 Å². The first-order valence-corrected chi connectivity index (χ1v) is 12.1. The van der Waals surface area contributed by atoms with E-state index in [1.54, 1.807) is 24.4 Å². The Bertz CT molecular complexity index is 1120.